The molecular formula is C22H32IN3O5. The van der Waals surface area contributed by atoms with E-state index in [0.29, 0.717) is 55.9 Å². The number of methoxy groups -OCH3 is 2. The van der Waals surface area contributed by atoms with Gasteiger partial charge in [0.1, 0.15) is 29.4 Å². The van der Waals surface area contributed by atoms with E-state index >= 15 is 0 Å². The monoisotopic (exact) mass is 545 g/mol. The number of ether oxygens (including phenoxy) is 3. The number of carbonyl (C=O) groups is 1. The molecule has 0 bridgehead atoms. The number of nitrogens with zero attached hydrogens (tertiary/aromatic N) is 1. The molecule has 0 spiro atoms. The van der Waals surface area contributed by atoms with E-state index in [1.165, 1.54) is 7.11 Å². The van der Waals surface area contributed by atoms with Crippen LogP contribution in [0, 0.1) is 13.8 Å². The Kier molecular flexibility index (Phi) is 12.0. The molecule has 0 amide bonds. The third kappa shape index (κ3) is 8.41. The maximum absolute atomic E-state index is 11.7. The van der Waals surface area contributed by atoms with Gasteiger partial charge < -0.3 is 29.3 Å². The van der Waals surface area contributed by atoms with Gasteiger partial charge in [0.2, 0.25) is 0 Å². The topological polar surface area (TPSA) is 94.3 Å². The molecule has 31 heavy (non-hydrogen) atoms. The van der Waals surface area contributed by atoms with Crippen LogP contribution in [0.1, 0.15) is 39.9 Å². The van der Waals surface area contributed by atoms with E-state index < -0.39 is 5.97 Å². The minimum atomic E-state index is -0.413. The summed E-state index contributed by atoms with van der Waals surface area (Å²) in [6.07, 6.45) is 0. The van der Waals surface area contributed by atoms with E-state index in [4.69, 9.17) is 18.6 Å². The van der Waals surface area contributed by atoms with Crippen LogP contribution >= 0.6 is 24.0 Å². The summed E-state index contributed by atoms with van der Waals surface area (Å²) in [5, 5.41) is 6.43. The Bertz CT molecular complexity index is 867. The summed E-state index contributed by atoms with van der Waals surface area (Å²) in [5.74, 6) is 2.17. The van der Waals surface area contributed by atoms with Crippen molar-refractivity contribution in [2.24, 2.45) is 4.99 Å². The minimum Gasteiger partial charge on any atom is -0.491 e. The zero-order valence-electron chi connectivity index (χ0n) is 18.7. The molecule has 0 atom stereocenters. The first kappa shape index (κ1) is 26.8. The number of aliphatic imine (C=N–C) groups is 1. The van der Waals surface area contributed by atoms with Crippen LogP contribution in [-0.2, 0) is 22.6 Å². The number of rotatable bonds is 10. The number of guanidine groups is 1. The number of nitrogens with one attached hydrogen (secondary N) is 2. The van der Waals surface area contributed by atoms with Gasteiger partial charge in [-0.25, -0.2) is 9.79 Å². The van der Waals surface area contributed by atoms with Crippen LogP contribution in [0.25, 0.3) is 0 Å². The molecule has 1 heterocycles. The van der Waals surface area contributed by atoms with Gasteiger partial charge in [0.05, 0.1) is 26.8 Å². The third-order valence-electron chi connectivity index (χ3n) is 4.32. The maximum atomic E-state index is 11.7. The first-order valence-electron chi connectivity index (χ1n) is 9.89. The molecule has 2 aromatic rings. The molecule has 2 rings (SSSR count). The maximum Gasteiger partial charge on any atom is 0.341 e. The van der Waals surface area contributed by atoms with Gasteiger partial charge in [-0.1, -0.05) is 12.1 Å². The molecule has 1 aromatic heterocycles. The Morgan fingerprint density at radius 3 is 2.58 bits per heavy atom. The predicted molar refractivity (Wildman–Crippen MR) is 130 cm³/mol. The van der Waals surface area contributed by atoms with Gasteiger partial charge >= 0.3 is 5.97 Å². The number of furan rings is 1. The first-order valence-corrected chi connectivity index (χ1v) is 9.89. The lowest BCUT2D eigenvalue weighted by Gasteiger charge is -2.13. The fraction of sp³-hybridized carbons (Fsp3) is 0.455. The highest BCUT2D eigenvalue weighted by atomic mass is 127. The van der Waals surface area contributed by atoms with Crippen LogP contribution in [0.5, 0.6) is 5.75 Å². The SMILES string of the molecule is CCNC(=NCc1ccc(C)cc1OCCOC)NCc1cc(C(=O)OC)c(C)o1.I. The molecule has 2 N–H and O–H groups in total. The molecule has 0 saturated heterocycles. The summed E-state index contributed by atoms with van der Waals surface area (Å²) in [6, 6.07) is 7.73. The number of halogens is 1. The average molecular weight is 545 g/mol. The van der Waals surface area contributed by atoms with E-state index in [0.717, 1.165) is 16.9 Å². The molecule has 0 fully saturated rings. The van der Waals surface area contributed by atoms with Crippen molar-refractivity contribution in [2.75, 3.05) is 34.0 Å². The summed E-state index contributed by atoms with van der Waals surface area (Å²) in [6.45, 7) is 8.30. The van der Waals surface area contributed by atoms with Crippen molar-refractivity contribution in [1.29, 1.82) is 0 Å². The van der Waals surface area contributed by atoms with E-state index in [9.17, 15) is 4.79 Å². The van der Waals surface area contributed by atoms with Crippen LogP contribution in [0.4, 0.5) is 0 Å². The van der Waals surface area contributed by atoms with E-state index in [-0.39, 0.29) is 24.0 Å². The second-order valence-electron chi connectivity index (χ2n) is 6.68. The molecule has 172 valence electrons. The van der Waals surface area contributed by atoms with Gasteiger partial charge in [0.15, 0.2) is 5.96 Å². The smallest absolute Gasteiger partial charge is 0.341 e. The lowest BCUT2D eigenvalue weighted by Crippen LogP contribution is -2.36. The van der Waals surface area contributed by atoms with Crippen molar-refractivity contribution >= 4 is 35.9 Å². The fourth-order valence-corrected chi connectivity index (χ4v) is 2.78. The number of hydrogen-bond acceptors (Lipinski definition) is 6. The number of aryl methyl sites for hydroxylation is 2. The molecule has 9 heteroatoms. The normalized spacial score (nSPS) is 10.9. The van der Waals surface area contributed by atoms with Crippen molar-refractivity contribution in [3.8, 4) is 5.75 Å². The molecule has 0 aliphatic carbocycles. The molecule has 0 radical (unpaired) electrons. The van der Waals surface area contributed by atoms with Gasteiger partial charge in [0, 0.05) is 19.2 Å². The van der Waals surface area contributed by atoms with Crippen molar-refractivity contribution in [3.63, 3.8) is 0 Å². The largest absolute Gasteiger partial charge is 0.491 e. The van der Waals surface area contributed by atoms with Crippen LogP contribution in [0.15, 0.2) is 33.7 Å². The van der Waals surface area contributed by atoms with Gasteiger partial charge in [0.25, 0.3) is 0 Å². The molecule has 0 saturated carbocycles. The second-order valence-corrected chi connectivity index (χ2v) is 6.68. The Balaban J connectivity index is 0.00000480. The minimum absolute atomic E-state index is 0. The molecule has 0 aliphatic heterocycles. The Hall–Kier alpha value is -2.27. The number of esters is 1. The standard InChI is InChI=1S/C22H31N3O5.HI/c1-6-23-22(25-14-18-12-19(16(3)30-18)21(26)28-5)24-13-17-8-7-15(2)11-20(17)29-10-9-27-4;/h7-8,11-12H,6,9-10,13-14H2,1-5H3,(H2,23,24,25);1H. The summed E-state index contributed by atoms with van der Waals surface area (Å²) in [4.78, 5) is 16.4. The van der Waals surface area contributed by atoms with Gasteiger partial charge in [-0.3, -0.25) is 0 Å². The van der Waals surface area contributed by atoms with Crippen LogP contribution in [0.3, 0.4) is 0 Å². The average Bonchev–Trinajstić information content (AvgIpc) is 3.11. The van der Waals surface area contributed by atoms with E-state index in [1.807, 2.05) is 32.0 Å². The molecule has 0 unspecified atom stereocenters. The zero-order valence-corrected chi connectivity index (χ0v) is 21.1. The highest BCUT2D eigenvalue weighted by molar-refractivity contribution is 14.0. The number of benzene rings is 1. The van der Waals surface area contributed by atoms with Crippen LogP contribution in [0.2, 0.25) is 0 Å². The van der Waals surface area contributed by atoms with E-state index in [1.54, 1.807) is 20.1 Å². The van der Waals surface area contributed by atoms with Crippen molar-refractivity contribution in [3.05, 3.63) is 52.5 Å². The third-order valence-corrected chi connectivity index (χ3v) is 4.32. The Morgan fingerprint density at radius 2 is 1.90 bits per heavy atom. The molecular weight excluding hydrogens is 513 g/mol. The van der Waals surface area contributed by atoms with Crippen LogP contribution < -0.4 is 15.4 Å². The predicted octanol–water partition coefficient (Wildman–Crippen LogP) is 3.58. The Morgan fingerprint density at radius 1 is 1.13 bits per heavy atom. The highest BCUT2D eigenvalue weighted by Crippen LogP contribution is 2.21. The quantitative estimate of drug-likeness (QED) is 0.155. The van der Waals surface area contributed by atoms with Gasteiger partial charge in [-0.05, 0) is 38.5 Å². The highest BCUT2D eigenvalue weighted by Gasteiger charge is 2.15. The molecule has 1 aromatic carbocycles. The summed E-state index contributed by atoms with van der Waals surface area (Å²) in [5.41, 5.74) is 2.53. The molecule has 0 aliphatic rings. The summed E-state index contributed by atoms with van der Waals surface area (Å²) < 4.78 is 21.3. The first-order chi connectivity index (χ1) is 14.5. The van der Waals surface area contributed by atoms with Gasteiger partial charge in [-0.15, -0.1) is 24.0 Å². The number of hydrogen-bond donors (Lipinski definition) is 2. The summed E-state index contributed by atoms with van der Waals surface area (Å²) >= 11 is 0. The fourth-order valence-electron chi connectivity index (χ4n) is 2.78. The lowest BCUT2D eigenvalue weighted by molar-refractivity contribution is 0.0599. The van der Waals surface area contributed by atoms with Crippen molar-refractivity contribution in [2.45, 2.75) is 33.9 Å². The zero-order chi connectivity index (χ0) is 21.9. The number of carbonyl (C=O) groups excluding carboxylic acids is 1. The lowest BCUT2D eigenvalue weighted by atomic mass is 10.1. The van der Waals surface area contributed by atoms with Gasteiger partial charge in [-0.2, -0.15) is 0 Å². The molecule has 8 nitrogen and oxygen atoms in total. The van der Waals surface area contributed by atoms with E-state index in [2.05, 4.69) is 15.6 Å². The summed E-state index contributed by atoms with van der Waals surface area (Å²) in [7, 11) is 2.99. The van der Waals surface area contributed by atoms with Crippen molar-refractivity contribution < 1.29 is 23.4 Å². The van der Waals surface area contributed by atoms with Crippen LogP contribution in [-0.4, -0.2) is 45.9 Å². The Labute approximate surface area is 200 Å². The van der Waals surface area contributed by atoms with Crippen molar-refractivity contribution in [1.82, 2.24) is 10.6 Å². The second kappa shape index (κ2) is 13.9.